The molecule has 0 amide bonds. The second kappa shape index (κ2) is 5.12. The van der Waals surface area contributed by atoms with Crippen LogP contribution in [0.25, 0.3) is 0 Å². The molecule has 1 fully saturated rings. The maximum atomic E-state index is 11.2. The van der Waals surface area contributed by atoms with E-state index in [9.17, 15) is 4.79 Å². The summed E-state index contributed by atoms with van der Waals surface area (Å²) in [5.74, 6) is 0.813. The number of benzene rings is 1. The largest absolute Gasteiger partial charge is 0.488 e. The summed E-state index contributed by atoms with van der Waals surface area (Å²) >= 11 is 0. The molecule has 0 bridgehead atoms. The normalized spacial score (nSPS) is 20.4. The highest BCUT2D eigenvalue weighted by Gasteiger charge is 2.15. The summed E-state index contributed by atoms with van der Waals surface area (Å²) in [6.07, 6.45) is 2.18. The molecule has 1 aromatic rings. The fourth-order valence-electron chi connectivity index (χ4n) is 1.78. The first-order valence-corrected chi connectivity index (χ1v) is 5.61. The third-order valence-corrected chi connectivity index (χ3v) is 2.66. The average Bonchev–Trinajstić information content (AvgIpc) is 2.30. The number of hydrogen-bond acceptors (Lipinski definition) is 3. The van der Waals surface area contributed by atoms with Crippen LogP contribution in [-0.2, 0) is 4.74 Å². The van der Waals surface area contributed by atoms with Crippen LogP contribution in [0.15, 0.2) is 24.3 Å². The van der Waals surface area contributed by atoms with Gasteiger partial charge in [0.15, 0.2) is 5.78 Å². The first-order chi connectivity index (χ1) is 7.75. The number of ketones is 1. The van der Waals surface area contributed by atoms with Gasteiger partial charge in [-0.3, -0.25) is 4.79 Å². The highest BCUT2D eigenvalue weighted by Crippen LogP contribution is 2.18. The molecule has 0 radical (unpaired) electrons. The van der Waals surface area contributed by atoms with Crippen molar-refractivity contribution < 1.29 is 14.3 Å². The van der Waals surface area contributed by atoms with Crippen LogP contribution in [0.5, 0.6) is 5.75 Å². The van der Waals surface area contributed by atoms with Gasteiger partial charge in [0.25, 0.3) is 0 Å². The van der Waals surface area contributed by atoms with Gasteiger partial charge in [-0.05, 0) is 31.9 Å². The lowest BCUT2D eigenvalue weighted by molar-refractivity contribution is 0.00741. The van der Waals surface area contributed by atoms with Gasteiger partial charge >= 0.3 is 0 Å². The van der Waals surface area contributed by atoms with Crippen molar-refractivity contribution in [2.75, 3.05) is 13.2 Å². The highest BCUT2D eigenvalue weighted by molar-refractivity contribution is 5.94. The van der Waals surface area contributed by atoms with Crippen molar-refractivity contribution in [2.24, 2.45) is 0 Å². The van der Waals surface area contributed by atoms with Crippen molar-refractivity contribution in [2.45, 2.75) is 25.9 Å². The van der Waals surface area contributed by atoms with Gasteiger partial charge in [0, 0.05) is 12.2 Å². The molecule has 0 N–H and O–H groups in total. The van der Waals surface area contributed by atoms with Crippen LogP contribution < -0.4 is 4.74 Å². The highest BCUT2D eigenvalue weighted by atomic mass is 16.5. The third-order valence-electron chi connectivity index (χ3n) is 2.66. The van der Waals surface area contributed by atoms with Crippen LogP contribution in [0.4, 0.5) is 0 Å². The number of hydrogen-bond donors (Lipinski definition) is 0. The number of carbonyl (C=O) groups excluding carboxylic acids is 1. The van der Waals surface area contributed by atoms with Crippen LogP contribution in [-0.4, -0.2) is 25.1 Å². The van der Waals surface area contributed by atoms with Crippen molar-refractivity contribution in [3.8, 4) is 5.75 Å². The Bertz CT molecular complexity index is 367. The summed E-state index contributed by atoms with van der Waals surface area (Å²) in [6.45, 7) is 3.03. The molecule has 1 saturated heterocycles. The fraction of sp³-hybridized carbons (Fsp3) is 0.462. The van der Waals surface area contributed by atoms with E-state index in [0.29, 0.717) is 12.2 Å². The van der Waals surface area contributed by atoms with Gasteiger partial charge in [0.2, 0.25) is 0 Å². The summed E-state index contributed by atoms with van der Waals surface area (Å²) in [4.78, 5) is 11.2. The Balaban J connectivity index is 2.02. The van der Waals surface area contributed by atoms with E-state index in [2.05, 4.69) is 0 Å². The Morgan fingerprint density at radius 1 is 1.50 bits per heavy atom. The van der Waals surface area contributed by atoms with E-state index < -0.39 is 0 Å². The van der Waals surface area contributed by atoms with Gasteiger partial charge in [0.1, 0.15) is 11.9 Å². The maximum Gasteiger partial charge on any atom is 0.159 e. The second-order valence-electron chi connectivity index (χ2n) is 4.04. The lowest BCUT2D eigenvalue weighted by Crippen LogP contribution is -2.28. The zero-order chi connectivity index (χ0) is 11.4. The van der Waals surface area contributed by atoms with E-state index in [1.54, 1.807) is 19.1 Å². The van der Waals surface area contributed by atoms with Crippen molar-refractivity contribution in [1.29, 1.82) is 0 Å². The summed E-state index contributed by atoms with van der Waals surface area (Å²) in [6, 6.07) is 7.31. The van der Waals surface area contributed by atoms with Crippen LogP contribution in [0.2, 0.25) is 0 Å². The van der Waals surface area contributed by atoms with Crippen molar-refractivity contribution >= 4 is 5.78 Å². The zero-order valence-corrected chi connectivity index (χ0v) is 9.44. The van der Waals surface area contributed by atoms with E-state index in [1.165, 1.54) is 0 Å². The standard InChI is InChI=1S/C13H16O3/c1-10(14)11-4-2-5-12(8-11)16-13-6-3-7-15-9-13/h2,4-5,8,13H,3,6-7,9H2,1H3. The van der Waals surface area contributed by atoms with Gasteiger partial charge in [-0.15, -0.1) is 0 Å². The third kappa shape index (κ3) is 2.83. The topological polar surface area (TPSA) is 35.5 Å². The average molecular weight is 220 g/mol. The minimum atomic E-state index is 0.0605. The maximum absolute atomic E-state index is 11.2. The first kappa shape index (κ1) is 11.1. The fourth-order valence-corrected chi connectivity index (χ4v) is 1.78. The molecule has 3 heteroatoms. The van der Waals surface area contributed by atoms with Gasteiger partial charge in [0.05, 0.1) is 6.61 Å². The van der Waals surface area contributed by atoms with Crippen LogP contribution in [0.1, 0.15) is 30.1 Å². The predicted octanol–water partition coefficient (Wildman–Crippen LogP) is 2.45. The van der Waals surface area contributed by atoms with Crippen molar-refractivity contribution in [3.63, 3.8) is 0 Å². The SMILES string of the molecule is CC(=O)c1cccc(OC2CCCOC2)c1. The van der Waals surface area contributed by atoms with Gasteiger partial charge in [-0.1, -0.05) is 12.1 Å². The van der Waals surface area contributed by atoms with E-state index in [0.717, 1.165) is 25.2 Å². The monoisotopic (exact) mass is 220 g/mol. The molecule has 1 aromatic carbocycles. The number of Topliss-reactive ketones (excluding diaryl/α,β-unsaturated/α-hetero) is 1. The Morgan fingerprint density at radius 2 is 2.38 bits per heavy atom. The van der Waals surface area contributed by atoms with Crippen molar-refractivity contribution in [1.82, 2.24) is 0 Å². The van der Waals surface area contributed by atoms with E-state index in [-0.39, 0.29) is 11.9 Å². The molecule has 0 spiro atoms. The van der Waals surface area contributed by atoms with E-state index in [1.807, 2.05) is 12.1 Å². The predicted molar refractivity (Wildman–Crippen MR) is 60.9 cm³/mol. The molecule has 1 unspecified atom stereocenters. The second-order valence-corrected chi connectivity index (χ2v) is 4.04. The molecule has 1 atom stereocenters. The number of rotatable bonds is 3. The smallest absolute Gasteiger partial charge is 0.159 e. The molecular formula is C13H16O3. The molecule has 0 aliphatic carbocycles. The molecule has 86 valence electrons. The Morgan fingerprint density at radius 3 is 3.06 bits per heavy atom. The molecule has 1 aliphatic heterocycles. The summed E-state index contributed by atoms with van der Waals surface area (Å²) < 4.78 is 11.1. The summed E-state index contributed by atoms with van der Waals surface area (Å²) in [5, 5.41) is 0. The molecule has 1 heterocycles. The van der Waals surface area contributed by atoms with Crippen LogP contribution in [0, 0.1) is 0 Å². The van der Waals surface area contributed by atoms with E-state index in [4.69, 9.17) is 9.47 Å². The lowest BCUT2D eigenvalue weighted by Gasteiger charge is -2.23. The van der Waals surface area contributed by atoms with Crippen LogP contribution in [0.3, 0.4) is 0 Å². The number of ether oxygens (including phenoxy) is 2. The Hall–Kier alpha value is -1.35. The Kier molecular flexibility index (Phi) is 3.57. The van der Waals surface area contributed by atoms with Gasteiger partial charge < -0.3 is 9.47 Å². The number of carbonyl (C=O) groups is 1. The molecule has 3 nitrogen and oxygen atoms in total. The van der Waals surface area contributed by atoms with Crippen molar-refractivity contribution in [3.05, 3.63) is 29.8 Å². The Labute approximate surface area is 95.4 Å². The minimum absolute atomic E-state index is 0.0605. The molecule has 2 rings (SSSR count). The molecular weight excluding hydrogens is 204 g/mol. The first-order valence-electron chi connectivity index (χ1n) is 5.61. The quantitative estimate of drug-likeness (QED) is 0.734. The van der Waals surface area contributed by atoms with Gasteiger partial charge in [-0.2, -0.15) is 0 Å². The minimum Gasteiger partial charge on any atom is -0.488 e. The van der Waals surface area contributed by atoms with Crippen LogP contribution >= 0.6 is 0 Å². The summed E-state index contributed by atoms with van der Waals surface area (Å²) in [5.41, 5.74) is 0.689. The zero-order valence-electron chi connectivity index (χ0n) is 9.44. The van der Waals surface area contributed by atoms with Gasteiger partial charge in [-0.25, -0.2) is 0 Å². The van der Waals surface area contributed by atoms with E-state index >= 15 is 0 Å². The molecule has 1 aliphatic rings. The molecule has 16 heavy (non-hydrogen) atoms. The summed E-state index contributed by atoms with van der Waals surface area (Å²) in [7, 11) is 0. The molecule has 0 aromatic heterocycles. The molecule has 0 saturated carbocycles. The lowest BCUT2D eigenvalue weighted by atomic mass is 10.1.